The van der Waals surface area contributed by atoms with Gasteiger partial charge < -0.3 is 20.4 Å². The molecule has 6 nitrogen and oxygen atoms in total. The molecule has 0 aromatic heterocycles. The molecule has 7 atom stereocenters. The van der Waals surface area contributed by atoms with Crippen molar-refractivity contribution in [1.29, 1.82) is 0 Å². The second kappa shape index (κ2) is 7.14. The van der Waals surface area contributed by atoms with Crippen LogP contribution in [0.25, 0.3) is 0 Å². The summed E-state index contributed by atoms with van der Waals surface area (Å²) in [6, 6.07) is 0. The van der Waals surface area contributed by atoms with Crippen molar-refractivity contribution < 1.29 is 19.8 Å². The summed E-state index contributed by atoms with van der Waals surface area (Å²) in [5, 5.41) is 30.4. The van der Waals surface area contributed by atoms with E-state index in [2.05, 4.69) is 24.0 Å². The van der Waals surface area contributed by atoms with Crippen molar-refractivity contribution in [3.63, 3.8) is 0 Å². The fraction of sp³-hybridized carbons (Fsp3) is 0.833. The Bertz CT molecular complexity index is 775. The molecule has 1 saturated heterocycles. The highest BCUT2D eigenvalue weighted by atomic mass is 16.6. The number of carbonyl (C=O) groups is 1. The minimum atomic E-state index is -1.15. The van der Waals surface area contributed by atoms with Crippen LogP contribution in [0.1, 0.15) is 64.7 Å². The molecule has 0 aromatic carbocycles. The van der Waals surface area contributed by atoms with Gasteiger partial charge in [0.15, 0.2) is 0 Å². The number of ketones is 1. The Kier molecular flexibility index (Phi) is 4.92. The van der Waals surface area contributed by atoms with Crippen LogP contribution < -0.4 is 5.32 Å². The number of hydrogen-bond acceptors (Lipinski definition) is 6. The van der Waals surface area contributed by atoms with Crippen LogP contribution in [0.3, 0.4) is 0 Å². The number of nitrogens with one attached hydrogen (secondary N) is 1. The molecular weight excluding hydrogens is 380 g/mol. The summed E-state index contributed by atoms with van der Waals surface area (Å²) in [5.41, 5.74) is -0.263. The van der Waals surface area contributed by atoms with Gasteiger partial charge in [0.25, 0.3) is 0 Å². The molecule has 4 unspecified atom stereocenters. The lowest BCUT2D eigenvalue weighted by molar-refractivity contribution is -0.184. The molecule has 5 aliphatic rings. The fourth-order valence-corrected chi connectivity index (χ4v) is 7.86. The Morgan fingerprint density at radius 1 is 1.23 bits per heavy atom. The van der Waals surface area contributed by atoms with E-state index >= 15 is 0 Å². The molecule has 0 spiro atoms. The Morgan fingerprint density at radius 3 is 2.80 bits per heavy atom. The summed E-state index contributed by atoms with van der Waals surface area (Å²) in [4.78, 5) is 18.4. The largest absolute Gasteiger partial charge is 0.396 e. The molecule has 0 amide bonds. The maximum Gasteiger partial charge on any atom is 0.141 e. The number of oxime groups is 1. The number of nitrogens with zero attached hydrogens (tertiary/aromatic N) is 1. The molecule has 1 heterocycles. The summed E-state index contributed by atoms with van der Waals surface area (Å²) in [6.07, 6.45) is 7.04. The molecule has 5 rings (SSSR count). The van der Waals surface area contributed by atoms with Crippen LogP contribution in [0.5, 0.6) is 0 Å². The number of aliphatic hydroxyl groups excluding tert-OH is 1. The fourth-order valence-electron chi connectivity index (χ4n) is 7.86. The Labute approximate surface area is 179 Å². The highest BCUT2D eigenvalue weighted by Crippen LogP contribution is 2.67. The van der Waals surface area contributed by atoms with Crippen LogP contribution >= 0.6 is 0 Å². The quantitative estimate of drug-likeness (QED) is 0.486. The van der Waals surface area contributed by atoms with Crippen LogP contribution in [0.4, 0.5) is 0 Å². The van der Waals surface area contributed by atoms with E-state index in [1.165, 1.54) is 0 Å². The number of rotatable bonds is 3. The number of fused-ring (bicyclic) bond motifs is 5. The van der Waals surface area contributed by atoms with E-state index in [0.29, 0.717) is 36.9 Å². The molecule has 0 bridgehead atoms. The molecule has 6 heteroatoms. The maximum atomic E-state index is 12.7. The van der Waals surface area contributed by atoms with Gasteiger partial charge in [-0.3, -0.25) is 4.79 Å². The third-order valence-corrected chi connectivity index (χ3v) is 9.69. The van der Waals surface area contributed by atoms with Crippen molar-refractivity contribution in [2.45, 2.75) is 76.4 Å². The highest BCUT2D eigenvalue weighted by molar-refractivity contribution is 5.88. The molecular formula is C24H36N2O4. The topological polar surface area (TPSA) is 91.2 Å². The van der Waals surface area contributed by atoms with Gasteiger partial charge in [0.2, 0.25) is 0 Å². The van der Waals surface area contributed by atoms with Crippen LogP contribution in [-0.4, -0.2) is 53.1 Å². The third-order valence-electron chi connectivity index (χ3n) is 9.69. The van der Waals surface area contributed by atoms with E-state index < -0.39 is 11.0 Å². The van der Waals surface area contributed by atoms with Gasteiger partial charge in [-0.05, 0) is 68.4 Å². The highest BCUT2D eigenvalue weighted by Gasteiger charge is 2.67. The average molecular weight is 417 g/mol. The predicted molar refractivity (Wildman–Crippen MR) is 114 cm³/mol. The molecule has 1 aliphatic heterocycles. The molecule has 3 N–H and O–H groups in total. The molecule has 0 aromatic rings. The van der Waals surface area contributed by atoms with Gasteiger partial charge in [0.1, 0.15) is 11.9 Å². The molecule has 4 saturated carbocycles. The average Bonchev–Trinajstić information content (AvgIpc) is 3.35. The van der Waals surface area contributed by atoms with Gasteiger partial charge in [-0.1, -0.05) is 18.7 Å². The van der Waals surface area contributed by atoms with Gasteiger partial charge in [0.05, 0.1) is 17.9 Å². The monoisotopic (exact) mass is 416 g/mol. The van der Waals surface area contributed by atoms with E-state index in [1.807, 2.05) is 0 Å². The summed E-state index contributed by atoms with van der Waals surface area (Å²) >= 11 is 0. The second-order valence-corrected chi connectivity index (χ2v) is 10.8. The first-order valence-electron chi connectivity index (χ1n) is 11.8. The summed E-state index contributed by atoms with van der Waals surface area (Å²) in [5.74, 6) is 1.31. The van der Waals surface area contributed by atoms with Crippen LogP contribution in [0, 0.1) is 28.6 Å². The SMILES string of the molecule is C=C1CC2C(CC[C@]3(C)C(=O)CCC23)[C@@]2(CO)CC/C(=N\OC3CCNC3)C[C@]12O. The molecule has 4 aliphatic carbocycles. The molecule has 166 valence electrons. The summed E-state index contributed by atoms with van der Waals surface area (Å²) < 4.78 is 0. The maximum absolute atomic E-state index is 12.7. The Morgan fingerprint density at radius 2 is 2.07 bits per heavy atom. The second-order valence-electron chi connectivity index (χ2n) is 10.8. The lowest BCUT2D eigenvalue weighted by atomic mass is 9.42. The third kappa shape index (κ3) is 2.72. The first kappa shape index (κ1) is 20.7. The standard InChI is InChI=1S/C24H36N2O4/c1-15-11-18-19-3-4-21(28)22(19,2)8-6-20(18)23(14-27)9-5-16(12-24(15,23)29)26-30-17-7-10-25-13-17/h17-20,25,27,29H,1,3-14H2,2H3/b26-16+/t17?,18?,19?,20?,22-,23-,24-/m0/s1. The zero-order valence-corrected chi connectivity index (χ0v) is 18.2. The zero-order chi connectivity index (χ0) is 21.1. The van der Waals surface area contributed by atoms with Crippen molar-refractivity contribution in [2.75, 3.05) is 19.7 Å². The molecule has 5 fully saturated rings. The van der Waals surface area contributed by atoms with E-state index in [0.717, 1.165) is 62.9 Å². The smallest absolute Gasteiger partial charge is 0.141 e. The van der Waals surface area contributed by atoms with Gasteiger partial charge in [-0.2, -0.15) is 0 Å². The lowest BCUT2D eigenvalue weighted by Gasteiger charge is -2.63. The summed E-state index contributed by atoms with van der Waals surface area (Å²) in [6.45, 7) is 8.21. The lowest BCUT2D eigenvalue weighted by Crippen LogP contribution is -2.66. The number of Topliss-reactive ketones (excluding diaryl/α,β-unsaturated/α-hetero) is 1. The van der Waals surface area contributed by atoms with Gasteiger partial charge >= 0.3 is 0 Å². The number of aliphatic hydroxyl groups is 2. The normalized spacial score (nSPS) is 49.6. The van der Waals surface area contributed by atoms with Crippen molar-refractivity contribution in [2.24, 2.45) is 33.7 Å². The Balaban J connectivity index is 1.43. The first-order chi connectivity index (χ1) is 14.3. The zero-order valence-electron chi connectivity index (χ0n) is 18.2. The van der Waals surface area contributed by atoms with Crippen LogP contribution in [0.15, 0.2) is 17.3 Å². The molecule has 0 radical (unpaired) electrons. The van der Waals surface area contributed by atoms with Crippen molar-refractivity contribution >= 4 is 11.5 Å². The van der Waals surface area contributed by atoms with Crippen molar-refractivity contribution in [1.82, 2.24) is 5.32 Å². The van der Waals surface area contributed by atoms with Crippen LogP contribution in [0.2, 0.25) is 0 Å². The van der Waals surface area contributed by atoms with Gasteiger partial charge in [0, 0.05) is 36.6 Å². The van der Waals surface area contributed by atoms with Crippen LogP contribution in [-0.2, 0) is 9.63 Å². The number of carbonyl (C=O) groups excluding carboxylic acids is 1. The van der Waals surface area contributed by atoms with E-state index in [1.54, 1.807) is 0 Å². The van der Waals surface area contributed by atoms with Gasteiger partial charge in [-0.15, -0.1) is 0 Å². The van der Waals surface area contributed by atoms with E-state index in [9.17, 15) is 15.0 Å². The van der Waals surface area contributed by atoms with Crippen molar-refractivity contribution in [3.8, 4) is 0 Å². The summed E-state index contributed by atoms with van der Waals surface area (Å²) in [7, 11) is 0. The minimum absolute atomic E-state index is 0.0399. The van der Waals surface area contributed by atoms with Crippen molar-refractivity contribution in [3.05, 3.63) is 12.2 Å². The van der Waals surface area contributed by atoms with E-state index in [-0.39, 0.29) is 24.0 Å². The molecule has 30 heavy (non-hydrogen) atoms. The first-order valence-corrected chi connectivity index (χ1v) is 11.8. The van der Waals surface area contributed by atoms with Gasteiger partial charge in [-0.25, -0.2) is 0 Å². The number of hydrogen-bond donors (Lipinski definition) is 3. The van der Waals surface area contributed by atoms with E-state index in [4.69, 9.17) is 4.84 Å². The Hall–Kier alpha value is -1.24. The minimum Gasteiger partial charge on any atom is -0.396 e. The predicted octanol–water partition coefficient (Wildman–Crippen LogP) is 2.59.